The summed E-state index contributed by atoms with van der Waals surface area (Å²) in [6.45, 7) is 7.64. The van der Waals surface area contributed by atoms with Gasteiger partial charge in [-0.15, -0.1) is 0 Å². The van der Waals surface area contributed by atoms with E-state index in [1.807, 2.05) is 23.1 Å². The summed E-state index contributed by atoms with van der Waals surface area (Å²) in [7, 11) is 0. The van der Waals surface area contributed by atoms with E-state index in [0.29, 0.717) is 19.5 Å². The molecule has 0 atom stereocenters. The fourth-order valence-corrected chi connectivity index (χ4v) is 3.48. The number of amides is 2. The number of hydrogen-bond acceptors (Lipinski definition) is 4. The normalized spacial score (nSPS) is 17.4. The summed E-state index contributed by atoms with van der Waals surface area (Å²) in [4.78, 5) is 30.5. The molecule has 6 nitrogen and oxygen atoms in total. The van der Waals surface area contributed by atoms with E-state index in [4.69, 9.17) is 4.74 Å². The summed E-state index contributed by atoms with van der Waals surface area (Å²) in [5.41, 5.74) is 2.25. The zero-order valence-electron chi connectivity index (χ0n) is 14.9. The molecular formula is C19H27N3O3. The first-order valence-corrected chi connectivity index (χ1v) is 9.09. The molecule has 0 aromatic heterocycles. The molecule has 25 heavy (non-hydrogen) atoms. The number of anilines is 1. The third-order valence-electron chi connectivity index (χ3n) is 5.02. The second-order valence-electron chi connectivity index (χ2n) is 6.63. The smallest absolute Gasteiger partial charge is 0.228 e. The maximum absolute atomic E-state index is 12.6. The van der Waals surface area contributed by atoms with E-state index in [0.717, 1.165) is 51.5 Å². The van der Waals surface area contributed by atoms with Gasteiger partial charge in [0.15, 0.2) is 0 Å². The summed E-state index contributed by atoms with van der Waals surface area (Å²) in [5, 5.41) is 0. The summed E-state index contributed by atoms with van der Waals surface area (Å²) in [6.07, 6.45) is 1.28. The Morgan fingerprint density at radius 3 is 2.64 bits per heavy atom. The fourth-order valence-electron chi connectivity index (χ4n) is 3.48. The Bertz CT molecular complexity index is 614. The first-order valence-electron chi connectivity index (χ1n) is 9.09. The minimum atomic E-state index is 0.0304. The lowest BCUT2D eigenvalue weighted by Crippen LogP contribution is -2.43. The Morgan fingerprint density at radius 1 is 1.12 bits per heavy atom. The fraction of sp³-hybridized carbons (Fsp3) is 0.579. The molecule has 0 aliphatic carbocycles. The van der Waals surface area contributed by atoms with Crippen LogP contribution in [0.2, 0.25) is 0 Å². The molecule has 0 unspecified atom stereocenters. The summed E-state index contributed by atoms with van der Waals surface area (Å²) in [5.74, 6) is 0.130. The predicted octanol–water partition coefficient (Wildman–Crippen LogP) is 1.15. The summed E-state index contributed by atoms with van der Waals surface area (Å²) in [6, 6.07) is 8.05. The van der Waals surface area contributed by atoms with Gasteiger partial charge in [0.05, 0.1) is 13.2 Å². The lowest BCUT2D eigenvalue weighted by molar-refractivity contribution is -0.129. The number of carbonyl (C=O) groups excluding carboxylic acids is 2. The molecular weight excluding hydrogens is 318 g/mol. The van der Waals surface area contributed by atoms with Gasteiger partial charge < -0.3 is 14.5 Å². The van der Waals surface area contributed by atoms with E-state index in [2.05, 4.69) is 11.0 Å². The van der Waals surface area contributed by atoms with Crippen LogP contribution < -0.4 is 4.90 Å². The lowest BCUT2D eigenvalue weighted by atomic mass is 10.2. The number of fused-ring (bicyclic) bond motifs is 1. The molecule has 1 fully saturated rings. The van der Waals surface area contributed by atoms with Crippen molar-refractivity contribution in [3.8, 4) is 0 Å². The summed E-state index contributed by atoms with van der Waals surface area (Å²) >= 11 is 0. The molecule has 136 valence electrons. The van der Waals surface area contributed by atoms with Crippen LogP contribution in [0.5, 0.6) is 0 Å². The summed E-state index contributed by atoms with van der Waals surface area (Å²) < 4.78 is 5.35. The van der Waals surface area contributed by atoms with Crippen LogP contribution >= 0.6 is 0 Å². The molecule has 1 saturated heterocycles. The molecule has 0 saturated carbocycles. The van der Waals surface area contributed by atoms with Gasteiger partial charge in [-0.25, -0.2) is 0 Å². The number of rotatable bonds is 6. The molecule has 0 bridgehead atoms. The zero-order valence-corrected chi connectivity index (χ0v) is 14.9. The minimum absolute atomic E-state index is 0.0304. The number of ether oxygens (including phenoxy) is 1. The van der Waals surface area contributed by atoms with Gasteiger partial charge in [-0.2, -0.15) is 0 Å². The first kappa shape index (κ1) is 17.9. The van der Waals surface area contributed by atoms with Gasteiger partial charge >= 0.3 is 0 Å². The first-order chi connectivity index (χ1) is 12.1. The number of benzene rings is 1. The standard InChI is InChI=1S/C19H27N3O3/c1-16(23)21(11-10-20-12-14-25-15-13-20)8-7-19(24)22-9-6-17-4-2-3-5-18(17)22/h2-5H,6-15H2,1H3. The lowest BCUT2D eigenvalue weighted by Gasteiger charge is -2.30. The van der Waals surface area contributed by atoms with Crippen LogP contribution in [-0.4, -0.2) is 74.1 Å². The molecule has 6 heteroatoms. The molecule has 2 amide bonds. The average molecular weight is 345 g/mol. The van der Waals surface area contributed by atoms with Gasteiger partial charge in [-0.05, 0) is 18.1 Å². The van der Waals surface area contributed by atoms with Crippen molar-refractivity contribution in [3.05, 3.63) is 29.8 Å². The quantitative estimate of drug-likeness (QED) is 0.776. The Balaban J connectivity index is 1.49. The highest BCUT2D eigenvalue weighted by Gasteiger charge is 2.24. The van der Waals surface area contributed by atoms with Crippen molar-refractivity contribution in [3.63, 3.8) is 0 Å². The van der Waals surface area contributed by atoms with Gasteiger partial charge in [0, 0.05) is 58.3 Å². The Labute approximate surface area is 149 Å². The van der Waals surface area contributed by atoms with Crippen molar-refractivity contribution in [2.45, 2.75) is 19.8 Å². The highest BCUT2D eigenvalue weighted by Crippen LogP contribution is 2.27. The number of hydrogen-bond donors (Lipinski definition) is 0. The van der Waals surface area contributed by atoms with Gasteiger partial charge in [-0.1, -0.05) is 18.2 Å². The maximum atomic E-state index is 12.6. The number of para-hydroxylation sites is 1. The van der Waals surface area contributed by atoms with Crippen LogP contribution in [0.1, 0.15) is 18.9 Å². The van der Waals surface area contributed by atoms with Gasteiger partial charge in [-0.3, -0.25) is 14.5 Å². The number of nitrogens with zero attached hydrogens (tertiary/aromatic N) is 3. The molecule has 3 rings (SSSR count). The van der Waals surface area contributed by atoms with Crippen molar-refractivity contribution < 1.29 is 14.3 Å². The second-order valence-corrected chi connectivity index (χ2v) is 6.63. The zero-order chi connectivity index (χ0) is 17.6. The van der Waals surface area contributed by atoms with Crippen LogP contribution in [0.15, 0.2) is 24.3 Å². The van der Waals surface area contributed by atoms with E-state index in [1.165, 1.54) is 5.56 Å². The van der Waals surface area contributed by atoms with E-state index >= 15 is 0 Å². The molecule has 2 aliphatic rings. The molecule has 2 aliphatic heterocycles. The molecule has 1 aromatic rings. The van der Waals surface area contributed by atoms with Crippen LogP contribution in [0.4, 0.5) is 5.69 Å². The predicted molar refractivity (Wildman–Crippen MR) is 96.6 cm³/mol. The Kier molecular flexibility index (Phi) is 6.04. The van der Waals surface area contributed by atoms with Crippen LogP contribution in [0.3, 0.4) is 0 Å². The van der Waals surface area contributed by atoms with Crippen molar-refractivity contribution in [2.75, 3.05) is 57.4 Å². The van der Waals surface area contributed by atoms with Gasteiger partial charge in [0.1, 0.15) is 0 Å². The van der Waals surface area contributed by atoms with Crippen molar-refractivity contribution >= 4 is 17.5 Å². The van der Waals surface area contributed by atoms with E-state index < -0.39 is 0 Å². The Morgan fingerprint density at radius 2 is 1.88 bits per heavy atom. The van der Waals surface area contributed by atoms with E-state index in [9.17, 15) is 9.59 Å². The SMILES string of the molecule is CC(=O)N(CCC(=O)N1CCc2ccccc21)CCN1CCOCC1. The van der Waals surface area contributed by atoms with E-state index in [1.54, 1.807) is 11.8 Å². The topological polar surface area (TPSA) is 53.1 Å². The average Bonchev–Trinajstić information content (AvgIpc) is 3.06. The molecule has 2 heterocycles. The van der Waals surface area contributed by atoms with E-state index in [-0.39, 0.29) is 11.8 Å². The van der Waals surface area contributed by atoms with Gasteiger partial charge in [0.2, 0.25) is 11.8 Å². The minimum Gasteiger partial charge on any atom is -0.379 e. The highest BCUT2D eigenvalue weighted by atomic mass is 16.5. The van der Waals surface area contributed by atoms with Crippen LogP contribution in [0, 0.1) is 0 Å². The largest absolute Gasteiger partial charge is 0.379 e. The highest BCUT2D eigenvalue weighted by molar-refractivity contribution is 5.95. The van der Waals surface area contributed by atoms with Crippen LogP contribution in [0.25, 0.3) is 0 Å². The third kappa shape index (κ3) is 4.58. The molecule has 0 N–H and O–H groups in total. The van der Waals surface area contributed by atoms with Gasteiger partial charge in [0.25, 0.3) is 0 Å². The Hall–Kier alpha value is -1.92. The van der Waals surface area contributed by atoms with Crippen molar-refractivity contribution in [2.24, 2.45) is 0 Å². The molecule has 0 spiro atoms. The number of morpholine rings is 1. The monoisotopic (exact) mass is 345 g/mol. The maximum Gasteiger partial charge on any atom is 0.228 e. The van der Waals surface area contributed by atoms with Crippen molar-refractivity contribution in [1.29, 1.82) is 0 Å². The van der Waals surface area contributed by atoms with Crippen molar-refractivity contribution in [1.82, 2.24) is 9.80 Å². The second kappa shape index (κ2) is 8.45. The van der Waals surface area contributed by atoms with Crippen LogP contribution in [-0.2, 0) is 20.7 Å². The number of carbonyl (C=O) groups is 2. The molecule has 1 aromatic carbocycles. The third-order valence-corrected chi connectivity index (χ3v) is 5.02. The molecule has 0 radical (unpaired) electrons.